The summed E-state index contributed by atoms with van der Waals surface area (Å²) in [5.41, 5.74) is 2.55. The van der Waals surface area contributed by atoms with Gasteiger partial charge in [0.25, 0.3) is 0 Å². The first-order valence-corrected chi connectivity index (χ1v) is 7.62. The van der Waals surface area contributed by atoms with Gasteiger partial charge in [-0.25, -0.2) is 0 Å². The minimum atomic E-state index is -0.704. The van der Waals surface area contributed by atoms with Gasteiger partial charge in [0.2, 0.25) is 5.91 Å². The van der Waals surface area contributed by atoms with Gasteiger partial charge in [-0.15, -0.1) is 0 Å². The Kier molecular flexibility index (Phi) is 8.17. The van der Waals surface area contributed by atoms with Crippen LogP contribution >= 0.6 is 0 Å². The summed E-state index contributed by atoms with van der Waals surface area (Å²) in [6, 6.07) is 8.50. The SMILES string of the molecule is CC(=O)NCCc1ccc(CCCCCCC(=O)O)cc1. The van der Waals surface area contributed by atoms with Crippen molar-refractivity contribution in [3.8, 4) is 0 Å². The molecule has 2 N–H and O–H groups in total. The minimum Gasteiger partial charge on any atom is -0.481 e. The first kappa shape index (κ1) is 17.2. The van der Waals surface area contributed by atoms with Crippen LogP contribution in [0, 0.1) is 0 Å². The Bertz CT molecular complexity index is 440. The highest BCUT2D eigenvalue weighted by Crippen LogP contribution is 2.10. The molecule has 4 heteroatoms. The number of unbranched alkanes of at least 4 members (excludes halogenated alkanes) is 3. The van der Waals surface area contributed by atoms with Crippen molar-refractivity contribution >= 4 is 11.9 Å². The fourth-order valence-corrected chi connectivity index (χ4v) is 2.21. The Hall–Kier alpha value is -1.84. The Labute approximate surface area is 126 Å². The average Bonchev–Trinajstić information content (AvgIpc) is 2.43. The number of carboxylic acids is 1. The van der Waals surface area contributed by atoms with E-state index in [0.717, 1.165) is 38.5 Å². The second-order valence-corrected chi connectivity index (χ2v) is 5.36. The molecule has 0 unspecified atom stereocenters. The lowest BCUT2D eigenvalue weighted by Gasteiger charge is -2.05. The number of carboxylic acid groups (broad SMARTS) is 1. The molecular weight excluding hydrogens is 266 g/mol. The zero-order chi connectivity index (χ0) is 15.5. The van der Waals surface area contributed by atoms with Crippen molar-refractivity contribution in [1.82, 2.24) is 5.32 Å². The Morgan fingerprint density at radius 1 is 0.952 bits per heavy atom. The van der Waals surface area contributed by atoms with Gasteiger partial charge in [0.15, 0.2) is 0 Å². The molecule has 0 heterocycles. The maximum atomic E-state index is 10.8. The molecule has 21 heavy (non-hydrogen) atoms. The third-order valence-corrected chi connectivity index (χ3v) is 3.42. The standard InChI is InChI=1S/C17H25NO3/c1-14(19)18-13-12-16-10-8-15(9-11-16)6-4-2-3-5-7-17(20)21/h8-11H,2-7,12-13H2,1H3,(H,18,19)(H,20,21). The molecule has 116 valence electrons. The van der Waals surface area contributed by atoms with Gasteiger partial charge in [0.1, 0.15) is 0 Å². The number of carbonyl (C=O) groups excluding carboxylic acids is 1. The van der Waals surface area contributed by atoms with Crippen LogP contribution in [-0.4, -0.2) is 23.5 Å². The van der Waals surface area contributed by atoms with Gasteiger partial charge < -0.3 is 10.4 Å². The summed E-state index contributed by atoms with van der Waals surface area (Å²) >= 11 is 0. The predicted molar refractivity (Wildman–Crippen MR) is 83.3 cm³/mol. The maximum Gasteiger partial charge on any atom is 0.303 e. The number of carbonyl (C=O) groups is 2. The molecule has 0 spiro atoms. The Balaban J connectivity index is 2.16. The van der Waals surface area contributed by atoms with Crippen molar-refractivity contribution in [3.63, 3.8) is 0 Å². The van der Waals surface area contributed by atoms with E-state index in [1.165, 1.54) is 18.1 Å². The first-order valence-electron chi connectivity index (χ1n) is 7.62. The van der Waals surface area contributed by atoms with Crippen molar-refractivity contribution in [2.75, 3.05) is 6.54 Å². The van der Waals surface area contributed by atoms with Crippen LogP contribution in [0.3, 0.4) is 0 Å². The number of amides is 1. The third kappa shape index (κ3) is 8.84. The quantitative estimate of drug-likeness (QED) is 0.651. The lowest BCUT2D eigenvalue weighted by Crippen LogP contribution is -2.22. The first-order chi connectivity index (χ1) is 10.1. The van der Waals surface area contributed by atoms with Crippen molar-refractivity contribution in [2.24, 2.45) is 0 Å². The van der Waals surface area contributed by atoms with E-state index in [-0.39, 0.29) is 12.3 Å². The van der Waals surface area contributed by atoms with E-state index in [1.807, 2.05) is 0 Å². The number of aliphatic carboxylic acids is 1. The molecule has 0 atom stereocenters. The molecule has 0 aliphatic carbocycles. The third-order valence-electron chi connectivity index (χ3n) is 3.42. The highest BCUT2D eigenvalue weighted by molar-refractivity contribution is 5.72. The van der Waals surface area contributed by atoms with Gasteiger partial charge in [-0.1, -0.05) is 37.1 Å². The van der Waals surface area contributed by atoms with Gasteiger partial charge in [0.05, 0.1) is 0 Å². The smallest absolute Gasteiger partial charge is 0.303 e. The maximum absolute atomic E-state index is 10.8. The number of benzene rings is 1. The molecule has 4 nitrogen and oxygen atoms in total. The molecule has 0 aromatic heterocycles. The van der Waals surface area contributed by atoms with Crippen LogP contribution in [0.4, 0.5) is 0 Å². The van der Waals surface area contributed by atoms with E-state index >= 15 is 0 Å². The van der Waals surface area contributed by atoms with E-state index in [9.17, 15) is 9.59 Å². The number of nitrogens with one attached hydrogen (secondary N) is 1. The lowest BCUT2D eigenvalue weighted by molar-refractivity contribution is -0.137. The Morgan fingerprint density at radius 3 is 2.10 bits per heavy atom. The van der Waals surface area contributed by atoms with Gasteiger partial charge in [-0.2, -0.15) is 0 Å². The highest BCUT2D eigenvalue weighted by atomic mass is 16.4. The normalized spacial score (nSPS) is 10.3. The summed E-state index contributed by atoms with van der Waals surface area (Å²) in [4.78, 5) is 21.1. The van der Waals surface area contributed by atoms with E-state index in [2.05, 4.69) is 29.6 Å². The molecule has 1 amide bonds. The van der Waals surface area contributed by atoms with Crippen molar-refractivity contribution in [1.29, 1.82) is 0 Å². The molecule has 0 bridgehead atoms. The molecule has 0 radical (unpaired) electrons. The van der Waals surface area contributed by atoms with Crippen LogP contribution < -0.4 is 5.32 Å². The molecule has 0 aliphatic rings. The molecule has 0 saturated heterocycles. The zero-order valence-corrected chi connectivity index (χ0v) is 12.7. The van der Waals surface area contributed by atoms with Crippen molar-refractivity contribution < 1.29 is 14.7 Å². The second-order valence-electron chi connectivity index (χ2n) is 5.36. The fourth-order valence-electron chi connectivity index (χ4n) is 2.21. The summed E-state index contributed by atoms with van der Waals surface area (Å²) in [5, 5.41) is 11.3. The minimum absolute atomic E-state index is 0.00881. The monoisotopic (exact) mass is 291 g/mol. The van der Waals surface area contributed by atoms with Gasteiger partial charge in [0, 0.05) is 19.9 Å². The summed E-state index contributed by atoms with van der Waals surface area (Å²) in [5.74, 6) is -0.695. The molecule has 0 fully saturated rings. The average molecular weight is 291 g/mol. The van der Waals surface area contributed by atoms with Gasteiger partial charge >= 0.3 is 5.97 Å². The van der Waals surface area contributed by atoms with Crippen molar-refractivity contribution in [2.45, 2.75) is 51.9 Å². The molecule has 1 aromatic carbocycles. The van der Waals surface area contributed by atoms with Crippen LogP contribution in [0.1, 0.15) is 50.2 Å². The summed E-state index contributed by atoms with van der Waals surface area (Å²) in [6.45, 7) is 2.21. The van der Waals surface area contributed by atoms with E-state index in [0.29, 0.717) is 6.54 Å². The van der Waals surface area contributed by atoms with Crippen LogP contribution in [-0.2, 0) is 22.4 Å². The largest absolute Gasteiger partial charge is 0.481 e. The van der Waals surface area contributed by atoms with Gasteiger partial charge in [-0.05, 0) is 36.8 Å². The topological polar surface area (TPSA) is 66.4 Å². The van der Waals surface area contributed by atoms with E-state index in [4.69, 9.17) is 5.11 Å². The van der Waals surface area contributed by atoms with Crippen LogP contribution in [0.2, 0.25) is 0 Å². The summed E-state index contributed by atoms with van der Waals surface area (Å²) in [7, 11) is 0. The number of aryl methyl sites for hydroxylation is 1. The molecular formula is C17H25NO3. The van der Waals surface area contributed by atoms with Crippen LogP contribution in [0.5, 0.6) is 0 Å². The zero-order valence-electron chi connectivity index (χ0n) is 12.7. The lowest BCUT2D eigenvalue weighted by atomic mass is 10.0. The summed E-state index contributed by atoms with van der Waals surface area (Å²) in [6.07, 6.45) is 6.12. The molecule has 0 saturated carbocycles. The predicted octanol–water partition coefficient (Wildman–Crippen LogP) is 2.94. The van der Waals surface area contributed by atoms with Gasteiger partial charge in [-0.3, -0.25) is 9.59 Å². The van der Waals surface area contributed by atoms with E-state index < -0.39 is 5.97 Å². The Morgan fingerprint density at radius 2 is 1.52 bits per heavy atom. The molecule has 1 aromatic rings. The van der Waals surface area contributed by atoms with E-state index in [1.54, 1.807) is 0 Å². The number of hydrogen-bond donors (Lipinski definition) is 2. The highest BCUT2D eigenvalue weighted by Gasteiger charge is 1.99. The number of rotatable bonds is 10. The second kappa shape index (κ2) is 9.97. The number of hydrogen-bond acceptors (Lipinski definition) is 2. The summed E-state index contributed by atoms with van der Waals surface area (Å²) < 4.78 is 0. The van der Waals surface area contributed by atoms with Crippen LogP contribution in [0.15, 0.2) is 24.3 Å². The van der Waals surface area contributed by atoms with Crippen LogP contribution in [0.25, 0.3) is 0 Å². The van der Waals surface area contributed by atoms with Crippen molar-refractivity contribution in [3.05, 3.63) is 35.4 Å². The fraction of sp³-hybridized carbons (Fsp3) is 0.529. The molecule has 1 rings (SSSR count). The molecule has 0 aliphatic heterocycles.